The lowest BCUT2D eigenvalue weighted by atomic mass is 10.1. The van der Waals surface area contributed by atoms with E-state index in [9.17, 15) is 22.8 Å². The van der Waals surface area contributed by atoms with Crippen LogP contribution in [0, 0.1) is 0 Å². The number of rotatable bonds is 6. The number of amides is 1. The molecule has 0 atom stereocenters. The van der Waals surface area contributed by atoms with Gasteiger partial charge in [-0.1, -0.05) is 18.2 Å². The Morgan fingerprint density at radius 2 is 1.78 bits per heavy atom. The van der Waals surface area contributed by atoms with Gasteiger partial charge in [0.25, 0.3) is 0 Å². The first kappa shape index (κ1) is 20.0. The van der Waals surface area contributed by atoms with Crippen LogP contribution in [0.25, 0.3) is 6.08 Å². The summed E-state index contributed by atoms with van der Waals surface area (Å²) in [5, 5.41) is 1.76. The van der Waals surface area contributed by atoms with Crippen molar-refractivity contribution in [1.82, 2.24) is 0 Å². The molecule has 2 aromatic rings. The number of alkyl halides is 3. The molecule has 0 fully saturated rings. The van der Waals surface area contributed by atoms with E-state index in [1.165, 1.54) is 44.6 Å². The van der Waals surface area contributed by atoms with Crippen LogP contribution in [-0.4, -0.2) is 32.1 Å². The van der Waals surface area contributed by atoms with Gasteiger partial charge in [0.15, 0.2) is 5.78 Å². The summed E-state index contributed by atoms with van der Waals surface area (Å²) in [5.74, 6) is -1.57. The van der Waals surface area contributed by atoms with Gasteiger partial charge in [0.2, 0.25) is 0 Å². The van der Waals surface area contributed by atoms with Crippen molar-refractivity contribution in [2.24, 2.45) is 0 Å². The van der Waals surface area contributed by atoms with E-state index in [0.717, 1.165) is 0 Å². The zero-order chi connectivity index (χ0) is 20.0. The molecular formula is C19H16F3NO4. The van der Waals surface area contributed by atoms with E-state index < -0.39 is 12.1 Å². The minimum atomic E-state index is -4.98. The van der Waals surface area contributed by atoms with Gasteiger partial charge in [-0.15, -0.1) is 0 Å². The maximum Gasteiger partial charge on any atom is 0.471 e. The molecule has 0 heterocycles. The molecule has 1 amide bonds. The van der Waals surface area contributed by atoms with Gasteiger partial charge in [0.05, 0.1) is 19.8 Å². The summed E-state index contributed by atoms with van der Waals surface area (Å²) in [6, 6.07) is 10.4. The fourth-order valence-electron chi connectivity index (χ4n) is 2.19. The number of ketones is 1. The smallest absolute Gasteiger partial charge is 0.471 e. The van der Waals surface area contributed by atoms with Crippen molar-refractivity contribution < 1.29 is 32.2 Å². The molecule has 0 spiro atoms. The molecule has 0 aliphatic heterocycles. The van der Waals surface area contributed by atoms with Gasteiger partial charge in [0.1, 0.15) is 11.5 Å². The zero-order valence-electron chi connectivity index (χ0n) is 14.5. The highest BCUT2D eigenvalue weighted by molar-refractivity contribution is 6.08. The quantitative estimate of drug-likeness (QED) is 0.606. The van der Waals surface area contributed by atoms with Gasteiger partial charge < -0.3 is 14.8 Å². The first-order valence-electron chi connectivity index (χ1n) is 7.67. The molecule has 0 radical (unpaired) electrons. The minimum absolute atomic E-state index is 0.0334. The third-order valence-corrected chi connectivity index (χ3v) is 3.50. The van der Waals surface area contributed by atoms with Crippen LogP contribution >= 0.6 is 0 Å². The number of methoxy groups -OCH3 is 2. The van der Waals surface area contributed by atoms with E-state index in [-0.39, 0.29) is 11.5 Å². The number of carbonyl (C=O) groups is 2. The van der Waals surface area contributed by atoms with Gasteiger partial charge in [-0.25, -0.2) is 0 Å². The lowest BCUT2D eigenvalue weighted by Gasteiger charge is -2.08. The number of ether oxygens (including phenoxy) is 2. The molecule has 0 saturated carbocycles. The number of halogens is 3. The predicted molar refractivity (Wildman–Crippen MR) is 94.0 cm³/mol. The highest BCUT2D eigenvalue weighted by atomic mass is 19.4. The molecule has 0 bridgehead atoms. The van der Waals surface area contributed by atoms with Crippen LogP contribution in [-0.2, 0) is 4.79 Å². The highest BCUT2D eigenvalue weighted by Crippen LogP contribution is 2.25. The lowest BCUT2D eigenvalue weighted by Crippen LogP contribution is -2.29. The van der Waals surface area contributed by atoms with E-state index in [1.54, 1.807) is 29.6 Å². The predicted octanol–water partition coefficient (Wildman–Crippen LogP) is 4.10. The molecule has 0 aliphatic rings. The Kier molecular flexibility index (Phi) is 6.23. The summed E-state index contributed by atoms with van der Waals surface area (Å²) >= 11 is 0. The molecule has 5 nitrogen and oxygen atoms in total. The van der Waals surface area contributed by atoms with E-state index in [1.807, 2.05) is 0 Å². The summed E-state index contributed by atoms with van der Waals surface area (Å²) in [7, 11) is 2.91. The van der Waals surface area contributed by atoms with Crippen LogP contribution in [0.4, 0.5) is 18.9 Å². The molecule has 2 aromatic carbocycles. The molecular weight excluding hydrogens is 363 g/mol. The average molecular weight is 379 g/mol. The first-order valence-corrected chi connectivity index (χ1v) is 7.67. The molecule has 1 N–H and O–H groups in total. The second kappa shape index (κ2) is 8.39. The number of allylic oxidation sites excluding steroid dienone is 1. The van der Waals surface area contributed by atoms with E-state index in [0.29, 0.717) is 22.6 Å². The summed E-state index contributed by atoms with van der Waals surface area (Å²) in [6.45, 7) is 0. The molecule has 27 heavy (non-hydrogen) atoms. The Morgan fingerprint density at radius 3 is 2.41 bits per heavy atom. The number of anilines is 1. The average Bonchev–Trinajstić information content (AvgIpc) is 2.65. The van der Waals surface area contributed by atoms with Crippen molar-refractivity contribution in [3.8, 4) is 11.5 Å². The number of hydrogen-bond donors (Lipinski definition) is 1. The third-order valence-electron chi connectivity index (χ3n) is 3.50. The normalized spacial score (nSPS) is 11.3. The number of hydrogen-bond acceptors (Lipinski definition) is 4. The fourth-order valence-corrected chi connectivity index (χ4v) is 2.19. The molecule has 142 valence electrons. The maximum absolute atomic E-state index is 12.4. The van der Waals surface area contributed by atoms with Crippen LogP contribution in [0.15, 0.2) is 48.5 Å². The van der Waals surface area contributed by atoms with Crippen molar-refractivity contribution in [3.63, 3.8) is 0 Å². The Hall–Kier alpha value is -3.29. The summed E-state index contributed by atoms with van der Waals surface area (Å²) < 4.78 is 47.2. The maximum atomic E-state index is 12.4. The lowest BCUT2D eigenvalue weighted by molar-refractivity contribution is -0.167. The van der Waals surface area contributed by atoms with E-state index >= 15 is 0 Å². The molecule has 2 rings (SSSR count). The number of carbonyl (C=O) groups excluding carboxylic acids is 2. The highest BCUT2D eigenvalue weighted by Gasteiger charge is 2.38. The Morgan fingerprint density at radius 1 is 1.04 bits per heavy atom. The second-order valence-corrected chi connectivity index (χ2v) is 5.34. The van der Waals surface area contributed by atoms with Crippen LogP contribution in [0.1, 0.15) is 15.9 Å². The van der Waals surface area contributed by atoms with Crippen molar-refractivity contribution >= 4 is 23.5 Å². The summed E-state index contributed by atoms with van der Waals surface area (Å²) in [4.78, 5) is 23.4. The van der Waals surface area contributed by atoms with E-state index in [4.69, 9.17) is 9.47 Å². The first-order chi connectivity index (χ1) is 12.7. The van der Waals surface area contributed by atoms with Gasteiger partial charge in [0, 0.05) is 11.8 Å². The van der Waals surface area contributed by atoms with Gasteiger partial charge >= 0.3 is 12.1 Å². The molecule has 0 aromatic heterocycles. The van der Waals surface area contributed by atoms with Crippen LogP contribution in [0.3, 0.4) is 0 Å². The van der Waals surface area contributed by atoms with Gasteiger partial charge in [-0.05, 0) is 35.9 Å². The molecule has 8 heteroatoms. The summed E-state index contributed by atoms with van der Waals surface area (Å²) in [6.07, 6.45) is -2.29. The largest absolute Gasteiger partial charge is 0.497 e. The second-order valence-electron chi connectivity index (χ2n) is 5.34. The van der Waals surface area contributed by atoms with Gasteiger partial charge in [-0.3, -0.25) is 9.59 Å². The van der Waals surface area contributed by atoms with Gasteiger partial charge in [-0.2, -0.15) is 13.2 Å². The van der Waals surface area contributed by atoms with Crippen molar-refractivity contribution in [1.29, 1.82) is 0 Å². The van der Waals surface area contributed by atoms with Crippen molar-refractivity contribution in [3.05, 3.63) is 59.7 Å². The molecule has 0 saturated heterocycles. The standard InChI is InChI=1S/C19H16F3NO4/c1-26-14-7-8-15(17(11-14)27-2)16(24)9-6-12-4-3-5-13(10-12)23-18(25)19(20,21)22/h3-11H,1-2H3,(H,23,25)/b9-6+. The number of nitrogens with one attached hydrogen (secondary N) is 1. The minimum Gasteiger partial charge on any atom is -0.497 e. The van der Waals surface area contributed by atoms with Crippen LogP contribution in [0.2, 0.25) is 0 Å². The monoisotopic (exact) mass is 379 g/mol. The Labute approximate surface area is 153 Å². The SMILES string of the molecule is COc1ccc(C(=O)/C=C/c2cccc(NC(=O)C(F)(F)F)c2)c(OC)c1. The Balaban J connectivity index is 2.17. The van der Waals surface area contributed by atoms with E-state index in [2.05, 4.69) is 0 Å². The molecule has 0 unspecified atom stereocenters. The van der Waals surface area contributed by atoms with Crippen LogP contribution < -0.4 is 14.8 Å². The van der Waals surface area contributed by atoms with Crippen molar-refractivity contribution in [2.45, 2.75) is 6.18 Å². The molecule has 0 aliphatic carbocycles. The zero-order valence-corrected chi connectivity index (χ0v) is 14.5. The fraction of sp³-hybridized carbons (Fsp3) is 0.158. The summed E-state index contributed by atoms with van der Waals surface area (Å²) in [5.41, 5.74) is 0.709. The van der Waals surface area contributed by atoms with Crippen molar-refractivity contribution in [2.75, 3.05) is 19.5 Å². The third kappa shape index (κ3) is 5.34. The number of benzene rings is 2. The van der Waals surface area contributed by atoms with Crippen LogP contribution in [0.5, 0.6) is 11.5 Å². The topological polar surface area (TPSA) is 64.6 Å². The Bertz CT molecular complexity index is 875.